The number of hydrogen-bond acceptors (Lipinski definition) is 3. The molecule has 92 valence electrons. The number of rotatable bonds is 3. The average molecular weight is 226 g/mol. The van der Waals surface area contributed by atoms with Crippen LogP contribution in [-0.2, 0) is 4.79 Å². The van der Waals surface area contributed by atoms with Gasteiger partial charge in [-0.05, 0) is 32.2 Å². The molecule has 0 aromatic carbocycles. The topological polar surface area (TPSA) is 61.4 Å². The van der Waals surface area contributed by atoms with Gasteiger partial charge in [0.15, 0.2) is 0 Å². The lowest BCUT2D eigenvalue weighted by Crippen LogP contribution is -2.46. The zero-order valence-corrected chi connectivity index (χ0v) is 9.80. The molecule has 0 aromatic rings. The molecule has 1 heterocycles. The monoisotopic (exact) mass is 226 g/mol. The van der Waals surface area contributed by atoms with Crippen molar-refractivity contribution in [2.45, 2.75) is 44.1 Å². The first-order valence-electron chi connectivity index (χ1n) is 6.40. The Kier molecular flexibility index (Phi) is 3.82. The van der Waals surface area contributed by atoms with Crippen molar-refractivity contribution in [1.82, 2.24) is 10.6 Å². The molecule has 2 rings (SSSR count). The van der Waals surface area contributed by atoms with Crippen LogP contribution in [0.15, 0.2) is 0 Å². The molecule has 1 saturated heterocycles. The van der Waals surface area contributed by atoms with E-state index in [4.69, 9.17) is 0 Å². The molecule has 2 fully saturated rings. The van der Waals surface area contributed by atoms with Crippen LogP contribution in [0, 0.1) is 5.92 Å². The number of nitrogens with one attached hydrogen (secondary N) is 2. The molecule has 0 spiro atoms. The molecule has 4 heteroatoms. The molecular formula is C12H22N2O2. The summed E-state index contributed by atoms with van der Waals surface area (Å²) in [6, 6.07) is 0. The van der Waals surface area contributed by atoms with E-state index >= 15 is 0 Å². The predicted octanol–water partition coefficient (Wildman–Crippen LogP) is 0.407. The molecule has 1 saturated carbocycles. The summed E-state index contributed by atoms with van der Waals surface area (Å²) in [4.78, 5) is 11.8. The van der Waals surface area contributed by atoms with Gasteiger partial charge in [0, 0.05) is 13.1 Å². The normalized spacial score (nSPS) is 28.9. The molecule has 0 bridgehead atoms. The maximum atomic E-state index is 11.8. The van der Waals surface area contributed by atoms with Crippen LogP contribution in [0.1, 0.15) is 38.5 Å². The Hall–Kier alpha value is -0.610. The number of hydrogen-bond donors (Lipinski definition) is 3. The van der Waals surface area contributed by atoms with Crippen LogP contribution in [-0.4, -0.2) is 36.2 Å². The quantitative estimate of drug-likeness (QED) is 0.653. The van der Waals surface area contributed by atoms with Gasteiger partial charge in [-0.1, -0.05) is 12.8 Å². The summed E-state index contributed by atoms with van der Waals surface area (Å²) in [6.07, 6.45) is 5.86. The molecule has 1 unspecified atom stereocenters. The average Bonchev–Trinajstić information content (AvgIpc) is 2.75. The van der Waals surface area contributed by atoms with Crippen LogP contribution in [0.25, 0.3) is 0 Å². The number of aliphatic hydroxyl groups is 1. The lowest BCUT2D eigenvalue weighted by molar-refractivity contribution is -0.126. The van der Waals surface area contributed by atoms with Crippen molar-refractivity contribution in [3.63, 3.8) is 0 Å². The Balaban J connectivity index is 1.74. The number of amides is 1. The van der Waals surface area contributed by atoms with Gasteiger partial charge < -0.3 is 15.7 Å². The molecule has 16 heavy (non-hydrogen) atoms. The standard InChI is InChI=1S/C12H22N2O2/c15-11(10-4-3-7-13-8-10)14-9-12(16)5-1-2-6-12/h10,13,16H,1-9H2,(H,14,15). The van der Waals surface area contributed by atoms with Crippen molar-refractivity contribution < 1.29 is 9.90 Å². The molecule has 0 radical (unpaired) electrons. The van der Waals surface area contributed by atoms with Crippen molar-refractivity contribution in [2.24, 2.45) is 5.92 Å². The van der Waals surface area contributed by atoms with Crippen molar-refractivity contribution in [2.75, 3.05) is 19.6 Å². The number of piperidine rings is 1. The van der Waals surface area contributed by atoms with E-state index in [1.807, 2.05) is 0 Å². The fourth-order valence-electron chi connectivity index (χ4n) is 2.68. The second-order valence-corrected chi connectivity index (χ2v) is 5.19. The minimum atomic E-state index is -0.627. The highest BCUT2D eigenvalue weighted by Gasteiger charge is 2.32. The zero-order chi connectivity index (χ0) is 11.4. The highest BCUT2D eigenvalue weighted by Crippen LogP contribution is 2.28. The van der Waals surface area contributed by atoms with E-state index in [1.54, 1.807) is 0 Å². The third-order valence-electron chi connectivity index (χ3n) is 3.79. The van der Waals surface area contributed by atoms with E-state index in [1.165, 1.54) is 0 Å². The summed E-state index contributed by atoms with van der Waals surface area (Å²) < 4.78 is 0. The summed E-state index contributed by atoms with van der Waals surface area (Å²) in [7, 11) is 0. The predicted molar refractivity (Wildman–Crippen MR) is 62.0 cm³/mol. The second kappa shape index (κ2) is 5.15. The van der Waals surface area contributed by atoms with Crippen molar-refractivity contribution in [3.05, 3.63) is 0 Å². The van der Waals surface area contributed by atoms with Crippen molar-refractivity contribution >= 4 is 5.91 Å². The zero-order valence-electron chi connectivity index (χ0n) is 9.80. The van der Waals surface area contributed by atoms with Gasteiger partial charge in [0.05, 0.1) is 11.5 Å². The Bertz CT molecular complexity index is 243. The third-order valence-corrected chi connectivity index (χ3v) is 3.79. The summed E-state index contributed by atoms with van der Waals surface area (Å²) >= 11 is 0. The van der Waals surface area contributed by atoms with E-state index in [2.05, 4.69) is 10.6 Å². The first-order valence-corrected chi connectivity index (χ1v) is 6.40. The van der Waals surface area contributed by atoms with Gasteiger partial charge in [-0.25, -0.2) is 0 Å². The van der Waals surface area contributed by atoms with Crippen molar-refractivity contribution in [1.29, 1.82) is 0 Å². The molecule has 3 N–H and O–H groups in total. The summed E-state index contributed by atoms with van der Waals surface area (Å²) in [5, 5.41) is 16.2. The van der Waals surface area contributed by atoms with E-state index in [0.717, 1.165) is 51.6 Å². The van der Waals surface area contributed by atoms with Gasteiger partial charge in [0.1, 0.15) is 0 Å². The van der Waals surface area contributed by atoms with Crippen LogP contribution in [0.4, 0.5) is 0 Å². The molecule has 1 aliphatic carbocycles. The molecule has 2 aliphatic rings. The maximum Gasteiger partial charge on any atom is 0.224 e. The van der Waals surface area contributed by atoms with E-state index in [9.17, 15) is 9.90 Å². The lowest BCUT2D eigenvalue weighted by Gasteiger charge is -2.26. The maximum absolute atomic E-state index is 11.8. The first-order chi connectivity index (χ1) is 7.70. The van der Waals surface area contributed by atoms with Gasteiger partial charge in [-0.15, -0.1) is 0 Å². The third kappa shape index (κ3) is 2.95. The van der Waals surface area contributed by atoms with Gasteiger partial charge in [0.2, 0.25) is 5.91 Å². The molecule has 1 atom stereocenters. The fourth-order valence-corrected chi connectivity index (χ4v) is 2.68. The van der Waals surface area contributed by atoms with Crippen LogP contribution in [0.5, 0.6) is 0 Å². The molecule has 1 amide bonds. The van der Waals surface area contributed by atoms with Gasteiger partial charge in [-0.2, -0.15) is 0 Å². The smallest absolute Gasteiger partial charge is 0.224 e. The molecule has 4 nitrogen and oxygen atoms in total. The molecule has 1 aliphatic heterocycles. The summed E-state index contributed by atoms with van der Waals surface area (Å²) in [5.41, 5.74) is -0.627. The van der Waals surface area contributed by atoms with Gasteiger partial charge in [-0.3, -0.25) is 4.79 Å². The Labute approximate surface area is 96.8 Å². The molecular weight excluding hydrogens is 204 g/mol. The molecule has 0 aromatic heterocycles. The van der Waals surface area contributed by atoms with Crippen LogP contribution in [0.3, 0.4) is 0 Å². The highest BCUT2D eigenvalue weighted by atomic mass is 16.3. The minimum Gasteiger partial charge on any atom is -0.388 e. The fraction of sp³-hybridized carbons (Fsp3) is 0.917. The lowest BCUT2D eigenvalue weighted by atomic mass is 9.97. The van der Waals surface area contributed by atoms with Crippen LogP contribution >= 0.6 is 0 Å². The van der Waals surface area contributed by atoms with Crippen molar-refractivity contribution in [3.8, 4) is 0 Å². The summed E-state index contributed by atoms with van der Waals surface area (Å²) in [5.74, 6) is 0.200. The van der Waals surface area contributed by atoms with E-state index in [0.29, 0.717) is 6.54 Å². The Morgan fingerprint density at radius 2 is 2.12 bits per heavy atom. The first kappa shape index (κ1) is 11.9. The Morgan fingerprint density at radius 1 is 1.38 bits per heavy atom. The Morgan fingerprint density at radius 3 is 2.75 bits per heavy atom. The van der Waals surface area contributed by atoms with Gasteiger partial charge in [0.25, 0.3) is 0 Å². The minimum absolute atomic E-state index is 0.0961. The van der Waals surface area contributed by atoms with Gasteiger partial charge >= 0.3 is 0 Å². The van der Waals surface area contributed by atoms with Crippen LogP contribution < -0.4 is 10.6 Å². The highest BCUT2D eigenvalue weighted by molar-refractivity contribution is 5.79. The van der Waals surface area contributed by atoms with E-state index in [-0.39, 0.29) is 11.8 Å². The van der Waals surface area contributed by atoms with Crippen LogP contribution in [0.2, 0.25) is 0 Å². The second-order valence-electron chi connectivity index (χ2n) is 5.19. The largest absolute Gasteiger partial charge is 0.388 e. The number of carbonyl (C=O) groups excluding carboxylic acids is 1. The number of carbonyl (C=O) groups is 1. The SMILES string of the molecule is O=C(NCC1(O)CCCC1)C1CCCNC1. The summed E-state index contributed by atoms with van der Waals surface area (Å²) in [6.45, 7) is 2.24. The van der Waals surface area contributed by atoms with E-state index < -0.39 is 5.60 Å².